The van der Waals surface area contributed by atoms with Gasteiger partial charge in [0.15, 0.2) is 10.8 Å². The van der Waals surface area contributed by atoms with E-state index >= 15 is 0 Å². The van der Waals surface area contributed by atoms with Crippen molar-refractivity contribution in [1.82, 2.24) is 9.88 Å². The number of nitrogens with zero attached hydrogens (tertiary/aromatic N) is 2. The minimum atomic E-state index is -0.862. The van der Waals surface area contributed by atoms with Crippen LogP contribution in [0.15, 0.2) is 28.2 Å². The Hall–Kier alpha value is -2.15. The highest BCUT2D eigenvalue weighted by Crippen LogP contribution is 2.26. The van der Waals surface area contributed by atoms with Gasteiger partial charge in [0.1, 0.15) is 5.69 Å². The maximum absolute atomic E-state index is 12.0. The molecular weight excluding hydrogens is 268 g/mol. The number of aliphatic carboxylic acids is 1. The molecule has 3 heterocycles. The normalized spacial score (nSPS) is 15.3. The van der Waals surface area contributed by atoms with Crippen molar-refractivity contribution >= 4 is 23.2 Å². The van der Waals surface area contributed by atoms with E-state index in [0.717, 1.165) is 0 Å². The summed E-state index contributed by atoms with van der Waals surface area (Å²) in [4.78, 5) is 28.4. The van der Waals surface area contributed by atoms with Crippen molar-refractivity contribution in [3.05, 3.63) is 29.5 Å². The summed E-state index contributed by atoms with van der Waals surface area (Å²) in [5.41, 5.74) is 0.334. The lowest BCUT2D eigenvalue weighted by molar-refractivity contribution is -0.146. The number of thiazole rings is 1. The third kappa shape index (κ3) is 2.12. The van der Waals surface area contributed by atoms with Crippen molar-refractivity contribution in [3.63, 3.8) is 0 Å². The van der Waals surface area contributed by atoms with Crippen LogP contribution in [0.4, 0.5) is 0 Å². The maximum atomic E-state index is 12.0. The lowest BCUT2D eigenvalue weighted by atomic mass is 10.0. The number of carbonyl (C=O) groups is 2. The Morgan fingerprint density at radius 3 is 2.89 bits per heavy atom. The summed E-state index contributed by atoms with van der Waals surface area (Å²) in [7, 11) is 0. The highest BCUT2D eigenvalue weighted by Gasteiger charge is 2.36. The zero-order valence-electron chi connectivity index (χ0n) is 9.78. The van der Waals surface area contributed by atoms with Gasteiger partial charge in [0.05, 0.1) is 12.2 Å². The molecule has 1 aliphatic heterocycles. The van der Waals surface area contributed by atoms with Gasteiger partial charge in [0.25, 0.3) is 5.91 Å². The molecule has 1 N–H and O–H groups in total. The Kier molecular flexibility index (Phi) is 2.83. The quantitative estimate of drug-likeness (QED) is 0.921. The molecule has 0 unspecified atom stereocenters. The fourth-order valence-corrected chi connectivity index (χ4v) is 2.61. The monoisotopic (exact) mass is 278 g/mol. The highest BCUT2D eigenvalue weighted by atomic mass is 32.1. The van der Waals surface area contributed by atoms with E-state index in [9.17, 15) is 9.59 Å². The van der Waals surface area contributed by atoms with Gasteiger partial charge in [0, 0.05) is 18.5 Å². The lowest BCUT2D eigenvalue weighted by Crippen LogP contribution is -2.53. The van der Waals surface area contributed by atoms with Crippen molar-refractivity contribution in [1.29, 1.82) is 0 Å². The number of hydrogen-bond acceptors (Lipinski definition) is 5. The molecule has 7 heteroatoms. The minimum absolute atomic E-state index is 0.230. The molecule has 1 aliphatic rings. The van der Waals surface area contributed by atoms with Crippen LogP contribution in [-0.2, 0) is 4.79 Å². The van der Waals surface area contributed by atoms with Gasteiger partial charge in [0.2, 0.25) is 0 Å². The number of carbonyl (C=O) groups excluding carboxylic acids is 1. The number of carboxylic acids is 1. The number of carboxylic acid groups (broad SMARTS) is 1. The molecule has 1 saturated heterocycles. The first-order valence-electron chi connectivity index (χ1n) is 5.66. The third-order valence-corrected chi connectivity index (χ3v) is 3.83. The van der Waals surface area contributed by atoms with Crippen molar-refractivity contribution in [2.24, 2.45) is 5.92 Å². The Morgan fingerprint density at radius 1 is 1.47 bits per heavy atom. The summed E-state index contributed by atoms with van der Waals surface area (Å²) in [5, 5.41) is 11.1. The highest BCUT2D eigenvalue weighted by molar-refractivity contribution is 7.13. The van der Waals surface area contributed by atoms with E-state index in [1.54, 1.807) is 23.8 Å². The topological polar surface area (TPSA) is 83.6 Å². The first-order chi connectivity index (χ1) is 9.15. The van der Waals surface area contributed by atoms with Crippen LogP contribution in [0.25, 0.3) is 10.8 Å². The number of aromatic nitrogens is 1. The molecule has 0 aliphatic carbocycles. The Morgan fingerprint density at radius 2 is 2.26 bits per heavy atom. The molecule has 98 valence electrons. The largest absolute Gasteiger partial charge is 0.481 e. The predicted molar refractivity (Wildman–Crippen MR) is 66.8 cm³/mol. The molecule has 2 aromatic heterocycles. The summed E-state index contributed by atoms with van der Waals surface area (Å²) >= 11 is 1.33. The second kappa shape index (κ2) is 4.51. The fraction of sp³-hybridized carbons (Fsp3) is 0.250. The third-order valence-electron chi connectivity index (χ3n) is 2.97. The Labute approximate surface area is 112 Å². The van der Waals surface area contributed by atoms with Crippen LogP contribution in [0.1, 0.15) is 10.5 Å². The van der Waals surface area contributed by atoms with Crippen molar-refractivity contribution in [2.45, 2.75) is 0 Å². The first kappa shape index (κ1) is 11.9. The van der Waals surface area contributed by atoms with Gasteiger partial charge in [-0.2, -0.15) is 0 Å². The molecule has 3 rings (SSSR count). The van der Waals surface area contributed by atoms with Gasteiger partial charge in [-0.15, -0.1) is 11.3 Å². The average molecular weight is 278 g/mol. The van der Waals surface area contributed by atoms with Crippen LogP contribution in [0, 0.1) is 5.92 Å². The number of amides is 1. The van der Waals surface area contributed by atoms with Gasteiger partial charge in [-0.05, 0) is 12.1 Å². The van der Waals surface area contributed by atoms with Crippen LogP contribution < -0.4 is 0 Å². The van der Waals surface area contributed by atoms with E-state index < -0.39 is 11.9 Å². The van der Waals surface area contributed by atoms with Gasteiger partial charge >= 0.3 is 5.97 Å². The zero-order chi connectivity index (χ0) is 13.4. The molecule has 19 heavy (non-hydrogen) atoms. The molecular formula is C12H10N2O4S. The number of hydrogen-bond donors (Lipinski definition) is 1. The van der Waals surface area contributed by atoms with Crippen molar-refractivity contribution in [2.75, 3.05) is 13.1 Å². The van der Waals surface area contributed by atoms with Crippen LogP contribution >= 0.6 is 11.3 Å². The molecule has 0 radical (unpaired) electrons. The molecule has 0 bridgehead atoms. The average Bonchev–Trinajstić information content (AvgIpc) is 2.97. The molecule has 1 amide bonds. The van der Waals surface area contributed by atoms with Gasteiger partial charge < -0.3 is 14.4 Å². The number of rotatable bonds is 3. The van der Waals surface area contributed by atoms with E-state index in [4.69, 9.17) is 9.52 Å². The van der Waals surface area contributed by atoms with Crippen LogP contribution in [0.2, 0.25) is 0 Å². The fourth-order valence-electron chi connectivity index (χ4n) is 1.85. The van der Waals surface area contributed by atoms with Gasteiger partial charge in [-0.3, -0.25) is 9.59 Å². The SMILES string of the molecule is O=C(O)C1CN(C(=O)c2csc(-c3ccco3)n2)C1. The summed E-state index contributed by atoms with van der Waals surface area (Å²) in [6.07, 6.45) is 1.55. The van der Waals surface area contributed by atoms with Crippen LogP contribution in [0.5, 0.6) is 0 Å². The zero-order valence-corrected chi connectivity index (χ0v) is 10.6. The van der Waals surface area contributed by atoms with E-state index in [0.29, 0.717) is 16.5 Å². The summed E-state index contributed by atoms with van der Waals surface area (Å²) in [6, 6.07) is 3.53. The Balaban J connectivity index is 1.70. The molecule has 0 saturated carbocycles. The first-order valence-corrected chi connectivity index (χ1v) is 6.54. The molecule has 6 nitrogen and oxygen atoms in total. The molecule has 0 spiro atoms. The van der Waals surface area contributed by atoms with E-state index in [1.807, 2.05) is 0 Å². The second-order valence-electron chi connectivity index (χ2n) is 4.26. The van der Waals surface area contributed by atoms with Crippen molar-refractivity contribution in [3.8, 4) is 10.8 Å². The summed E-state index contributed by atoms with van der Waals surface area (Å²) in [6.45, 7) is 0.504. The summed E-state index contributed by atoms with van der Waals surface area (Å²) in [5.74, 6) is -0.923. The number of furan rings is 1. The molecule has 1 fully saturated rings. The maximum Gasteiger partial charge on any atom is 0.310 e. The van der Waals surface area contributed by atoms with E-state index in [1.165, 1.54) is 16.2 Å². The predicted octanol–water partition coefficient (Wildman–Crippen LogP) is 1.56. The Bertz CT molecular complexity index is 613. The van der Waals surface area contributed by atoms with E-state index in [-0.39, 0.29) is 19.0 Å². The van der Waals surface area contributed by atoms with Crippen LogP contribution in [0.3, 0.4) is 0 Å². The standard InChI is InChI=1S/C12H10N2O4S/c15-11(14-4-7(5-14)12(16)17)8-6-19-10(13-8)9-2-1-3-18-9/h1-3,6-7H,4-5H2,(H,16,17). The summed E-state index contributed by atoms with van der Waals surface area (Å²) < 4.78 is 5.21. The minimum Gasteiger partial charge on any atom is -0.481 e. The van der Waals surface area contributed by atoms with Gasteiger partial charge in [-0.1, -0.05) is 0 Å². The second-order valence-corrected chi connectivity index (χ2v) is 5.12. The smallest absolute Gasteiger partial charge is 0.310 e. The van der Waals surface area contributed by atoms with Crippen molar-refractivity contribution < 1.29 is 19.1 Å². The van der Waals surface area contributed by atoms with Gasteiger partial charge in [-0.25, -0.2) is 4.98 Å². The molecule has 2 aromatic rings. The van der Waals surface area contributed by atoms with Crippen LogP contribution in [-0.4, -0.2) is 40.0 Å². The van der Waals surface area contributed by atoms with E-state index in [2.05, 4.69) is 4.98 Å². The molecule has 0 atom stereocenters. The lowest BCUT2D eigenvalue weighted by Gasteiger charge is -2.36. The molecule has 0 aromatic carbocycles. The number of likely N-dealkylation sites (tertiary alicyclic amines) is 1.